The second-order valence-corrected chi connectivity index (χ2v) is 4.16. The molecule has 0 aromatic heterocycles. The molecule has 0 heterocycles. The summed E-state index contributed by atoms with van der Waals surface area (Å²) >= 11 is 0. The molecule has 0 bridgehead atoms. The first kappa shape index (κ1) is 15.0. The van der Waals surface area contributed by atoms with Crippen molar-refractivity contribution >= 4 is 17.7 Å². The molecule has 0 saturated carbocycles. The van der Waals surface area contributed by atoms with Gasteiger partial charge in [-0.2, -0.15) is 0 Å². The number of hydrogen-bond acceptors (Lipinski definition) is 2. The Morgan fingerprint density at radius 3 is 2.47 bits per heavy atom. The van der Waals surface area contributed by atoms with E-state index in [-0.39, 0.29) is 12.5 Å². The number of carboxylic acid groups (broad SMARTS) is 1. The van der Waals surface area contributed by atoms with E-state index >= 15 is 0 Å². The maximum Gasteiger partial charge on any atom is 0.321 e. The number of carbonyl (C=O) groups is 2. The predicted octanol–water partition coefficient (Wildman–Crippen LogP) is 2.48. The highest BCUT2D eigenvalue weighted by Gasteiger charge is 2.12. The molecular weight excluding hydrogens is 244 g/mol. The minimum atomic E-state index is -0.800. The third-order valence-electron chi connectivity index (χ3n) is 2.72. The molecule has 0 radical (unpaired) electrons. The van der Waals surface area contributed by atoms with E-state index in [0.717, 1.165) is 5.69 Å². The molecule has 5 heteroatoms. The molecule has 0 spiro atoms. The number of urea groups is 1. The first-order valence-corrected chi connectivity index (χ1v) is 6.47. The maximum atomic E-state index is 12.0. The molecule has 19 heavy (non-hydrogen) atoms. The lowest BCUT2D eigenvalue weighted by Crippen LogP contribution is -2.40. The topological polar surface area (TPSA) is 69.6 Å². The largest absolute Gasteiger partial charge is 0.481 e. The standard InChI is InChI=1S/C14H20N2O3/c1-2-16(12-8-4-3-5-9-12)14(19)15-11-7-6-10-13(17)18/h3-5,8-9H,2,6-7,10-11H2,1H3,(H,15,19)(H,17,18). The van der Waals surface area contributed by atoms with E-state index in [1.54, 1.807) is 4.90 Å². The highest BCUT2D eigenvalue weighted by molar-refractivity contribution is 5.91. The van der Waals surface area contributed by atoms with Crippen molar-refractivity contribution < 1.29 is 14.7 Å². The zero-order valence-electron chi connectivity index (χ0n) is 11.1. The first-order valence-electron chi connectivity index (χ1n) is 6.47. The minimum Gasteiger partial charge on any atom is -0.481 e. The molecule has 0 aliphatic carbocycles. The van der Waals surface area contributed by atoms with Gasteiger partial charge in [-0.25, -0.2) is 4.79 Å². The molecule has 0 saturated heterocycles. The molecule has 0 atom stereocenters. The molecule has 2 N–H and O–H groups in total. The van der Waals surface area contributed by atoms with Crippen LogP contribution in [0.4, 0.5) is 10.5 Å². The van der Waals surface area contributed by atoms with Gasteiger partial charge in [0.1, 0.15) is 0 Å². The average molecular weight is 264 g/mol. The monoisotopic (exact) mass is 264 g/mol. The van der Waals surface area contributed by atoms with Gasteiger partial charge in [-0.1, -0.05) is 18.2 Å². The number of nitrogens with zero attached hydrogens (tertiary/aromatic N) is 1. The van der Waals surface area contributed by atoms with Crippen LogP contribution in [-0.2, 0) is 4.79 Å². The van der Waals surface area contributed by atoms with Crippen LogP contribution in [-0.4, -0.2) is 30.2 Å². The van der Waals surface area contributed by atoms with Crippen molar-refractivity contribution in [3.8, 4) is 0 Å². The first-order chi connectivity index (χ1) is 9.15. The number of carbonyl (C=O) groups excluding carboxylic acids is 1. The molecule has 1 aromatic rings. The SMILES string of the molecule is CCN(C(=O)NCCCCC(=O)O)c1ccccc1. The van der Waals surface area contributed by atoms with E-state index < -0.39 is 5.97 Å². The Kier molecular flexibility index (Phi) is 6.43. The third kappa shape index (κ3) is 5.42. The quantitative estimate of drug-likeness (QED) is 0.743. The van der Waals surface area contributed by atoms with Crippen LogP contribution in [0.1, 0.15) is 26.2 Å². The van der Waals surface area contributed by atoms with Crippen LogP contribution in [0.25, 0.3) is 0 Å². The number of benzene rings is 1. The van der Waals surface area contributed by atoms with Gasteiger partial charge >= 0.3 is 12.0 Å². The van der Waals surface area contributed by atoms with Crippen molar-refractivity contribution in [2.45, 2.75) is 26.2 Å². The van der Waals surface area contributed by atoms with Crippen LogP contribution >= 0.6 is 0 Å². The summed E-state index contributed by atoms with van der Waals surface area (Å²) in [5.74, 6) is -0.800. The summed E-state index contributed by atoms with van der Waals surface area (Å²) in [5.41, 5.74) is 0.855. The van der Waals surface area contributed by atoms with Gasteiger partial charge in [-0.05, 0) is 31.9 Å². The summed E-state index contributed by atoms with van der Waals surface area (Å²) in [7, 11) is 0. The van der Waals surface area contributed by atoms with E-state index in [2.05, 4.69) is 5.32 Å². The van der Waals surface area contributed by atoms with Crippen LogP contribution in [0.2, 0.25) is 0 Å². The summed E-state index contributed by atoms with van der Waals surface area (Å²) in [5, 5.41) is 11.3. The van der Waals surface area contributed by atoms with Crippen molar-refractivity contribution in [1.29, 1.82) is 0 Å². The van der Waals surface area contributed by atoms with Gasteiger partial charge in [0, 0.05) is 25.2 Å². The second kappa shape index (κ2) is 8.13. The Balaban J connectivity index is 2.37. The minimum absolute atomic E-state index is 0.145. The fourth-order valence-electron chi connectivity index (χ4n) is 1.74. The fraction of sp³-hybridized carbons (Fsp3) is 0.429. The van der Waals surface area contributed by atoms with Crippen molar-refractivity contribution in [3.05, 3.63) is 30.3 Å². The Morgan fingerprint density at radius 2 is 1.89 bits per heavy atom. The number of aliphatic carboxylic acids is 1. The predicted molar refractivity (Wildman–Crippen MR) is 74.3 cm³/mol. The lowest BCUT2D eigenvalue weighted by atomic mass is 10.2. The van der Waals surface area contributed by atoms with Gasteiger partial charge in [0.25, 0.3) is 0 Å². The molecule has 2 amide bonds. The third-order valence-corrected chi connectivity index (χ3v) is 2.72. The van der Waals surface area contributed by atoms with Crippen molar-refractivity contribution in [1.82, 2.24) is 5.32 Å². The molecule has 1 aromatic carbocycles. The molecule has 0 fully saturated rings. The van der Waals surface area contributed by atoms with Crippen molar-refractivity contribution in [3.63, 3.8) is 0 Å². The van der Waals surface area contributed by atoms with Gasteiger partial charge in [0.2, 0.25) is 0 Å². The number of nitrogens with one attached hydrogen (secondary N) is 1. The number of para-hydroxylation sites is 1. The van der Waals surface area contributed by atoms with Gasteiger partial charge in [-0.15, -0.1) is 0 Å². The lowest BCUT2D eigenvalue weighted by molar-refractivity contribution is -0.137. The van der Waals surface area contributed by atoms with Crippen LogP contribution < -0.4 is 10.2 Å². The van der Waals surface area contributed by atoms with Crippen LogP contribution in [0, 0.1) is 0 Å². The van der Waals surface area contributed by atoms with Gasteiger partial charge < -0.3 is 10.4 Å². The highest BCUT2D eigenvalue weighted by atomic mass is 16.4. The summed E-state index contributed by atoms with van der Waals surface area (Å²) in [4.78, 5) is 24.0. The van der Waals surface area contributed by atoms with E-state index in [1.165, 1.54) is 0 Å². The zero-order chi connectivity index (χ0) is 14.1. The van der Waals surface area contributed by atoms with Crippen LogP contribution in [0.3, 0.4) is 0 Å². The number of carboxylic acids is 1. The fourth-order valence-corrected chi connectivity index (χ4v) is 1.74. The Hall–Kier alpha value is -2.04. The van der Waals surface area contributed by atoms with E-state index in [9.17, 15) is 9.59 Å². The van der Waals surface area contributed by atoms with E-state index in [4.69, 9.17) is 5.11 Å². The normalized spacial score (nSPS) is 9.95. The Bertz CT molecular complexity index is 406. The number of unbranched alkanes of at least 4 members (excludes halogenated alkanes) is 1. The van der Waals surface area contributed by atoms with Crippen molar-refractivity contribution in [2.24, 2.45) is 0 Å². The molecule has 0 aliphatic rings. The lowest BCUT2D eigenvalue weighted by Gasteiger charge is -2.21. The average Bonchev–Trinajstić information content (AvgIpc) is 2.40. The molecule has 0 unspecified atom stereocenters. The number of rotatable bonds is 7. The Morgan fingerprint density at radius 1 is 1.21 bits per heavy atom. The summed E-state index contributed by atoms with van der Waals surface area (Å²) in [6, 6.07) is 9.29. The number of amides is 2. The second-order valence-electron chi connectivity index (χ2n) is 4.16. The smallest absolute Gasteiger partial charge is 0.321 e. The van der Waals surface area contributed by atoms with E-state index in [0.29, 0.717) is 25.9 Å². The van der Waals surface area contributed by atoms with Crippen molar-refractivity contribution in [2.75, 3.05) is 18.0 Å². The zero-order valence-corrected chi connectivity index (χ0v) is 11.1. The molecule has 0 aliphatic heterocycles. The van der Waals surface area contributed by atoms with Gasteiger partial charge in [-0.3, -0.25) is 9.69 Å². The van der Waals surface area contributed by atoms with Gasteiger partial charge in [0.15, 0.2) is 0 Å². The summed E-state index contributed by atoms with van der Waals surface area (Å²) in [6.07, 6.45) is 1.39. The molecule has 104 valence electrons. The van der Waals surface area contributed by atoms with Crippen LogP contribution in [0.5, 0.6) is 0 Å². The number of hydrogen-bond donors (Lipinski definition) is 2. The van der Waals surface area contributed by atoms with Gasteiger partial charge in [0.05, 0.1) is 0 Å². The number of anilines is 1. The summed E-state index contributed by atoms with van der Waals surface area (Å²) < 4.78 is 0. The maximum absolute atomic E-state index is 12.0. The molecular formula is C14H20N2O3. The van der Waals surface area contributed by atoms with Crippen LogP contribution in [0.15, 0.2) is 30.3 Å². The molecule has 5 nitrogen and oxygen atoms in total. The Labute approximate surface area is 113 Å². The highest BCUT2D eigenvalue weighted by Crippen LogP contribution is 2.12. The van der Waals surface area contributed by atoms with E-state index in [1.807, 2.05) is 37.3 Å². The molecule has 1 rings (SSSR count). The summed E-state index contributed by atoms with van der Waals surface area (Å²) in [6.45, 7) is 3.00.